The van der Waals surface area contributed by atoms with E-state index in [0.29, 0.717) is 12.0 Å². The zero-order chi connectivity index (χ0) is 15.5. The molecule has 0 spiro atoms. The Balaban J connectivity index is 2.10. The fourth-order valence-corrected chi connectivity index (χ4v) is 1.93. The molecule has 0 aliphatic carbocycles. The van der Waals surface area contributed by atoms with E-state index in [2.05, 4.69) is 4.74 Å². The molecule has 0 bridgehead atoms. The van der Waals surface area contributed by atoms with Gasteiger partial charge in [-0.15, -0.1) is 13.2 Å². The number of hydrogen-bond acceptors (Lipinski definition) is 2. The smallest absolute Gasteiger partial charge is 0.406 e. The Labute approximate surface area is 119 Å². The van der Waals surface area contributed by atoms with Gasteiger partial charge in [-0.25, -0.2) is 4.39 Å². The minimum Gasteiger partial charge on any atom is -0.406 e. The summed E-state index contributed by atoms with van der Waals surface area (Å²) in [5.74, 6) is -0.664. The molecule has 2 aromatic carbocycles. The van der Waals surface area contributed by atoms with Crippen molar-refractivity contribution in [2.45, 2.75) is 18.8 Å². The first-order valence-corrected chi connectivity index (χ1v) is 6.19. The third-order valence-corrected chi connectivity index (χ3v) is 2.89. The lowest BCUT2D eigenvalue weighted by Gasteiger charge is -2.14. The highest BCUT2D eigenvalue weighted by molar-refractivity contribution is 5.32. The molecule has 0 saturated carbocycles. The molecule has 0 radical (unpaired) electrons. The summed E-state index contributed by atoms with van der Waals surface area (Å²) < 4.78 is 53.2. The van der Waals surface area contributed by atoms with Crippen molar-refractivity contribution in [1.82, 2.24) is 0 Å². The van der Waals surface area contributed by atoms with Gasteiger partial charge in [-0.2, -0.15) is 0 Å². The van der Waals surface area contributed by atoms with E-state index in [1.165, 1.54) is 30.3 Å². The van der Waals surface area contributed by atoms with Crippen LogP contribution in [0.1, 0.15) is 17.2 Å². The van der Waals surface area contributed by atoms with Crippen molar-refractivity contribution in [3.05, 3.63) is 65.5 Å². The molecule has 2 rings (SSSR count). The van der Waals surface area contributed by atoms with Crippen LogP contribution >= 0.6 is 0 Å². The Morgan fingerprint density at radius 2 is 1.71 bits per heavy atom. The fraction of sp³-hybridized carbons (Fsp3) is 0.200. The molecule has 2 N–H and O–H groups in total. The molecule has 21 heavy (non-hydrogen) atoms. The number of rotatable bonds is 4. The molecule has 2 nitrogen and oxygen atoms in total. The molecule has 0 heterocycles. The highest BCUT2D eigenvalue weighted by Gasteiger charge is 2.31. The first-order chi connectivity index (χ1) is 9.83. The van der Waals surface area contributed by atoms with Crippen molar-refractivity contribution in [1.29, 1.82) is 0 Å². The molecule has 1 atom stereocenters. The van der Waals surface area contributed by atoms with Gasteiger partial charge in [0.05, 0.1) is 0 Å². The molecule has 1 unspecified atom stereocenters. The summed E-state index contributed by atoms with van der Waals surface area (Å²) in [6.45, 7) is 0. The molecule has 0 aromatic heterocycles. The number of alkyl halides is 3. The van der Waals surface area contributed by atoms with Crippen molar-refractivity contribution in [3.8, 4) is 5.75 Å². The van der Waals surface area contributed by atoms with Gasteiger partial charge in [-0.05, 0) is 41.8 Å². The highest BCUT2D eigenvalue weighted by Crippen LogP contribution is 2.26. The lowest BCUT2D eigenvalue weighted by Crippen LogP contribution is -2.18. The molecule has 0 amide bonds. The third-order valence-electron chi connectivity index (χ3n) is 2.89. The van der Waals surface area contributed by atoms with E-state index >= 15 is 0 Å². The van der Waals surface area contributed by atoms with Gasteiger partial charge in [-0.1, -0.05) is 24.3 Å². The molecule has 6 heteroatoms. The van der Waals surface area contributed by atoms with Crippen LogP contribution in [-0.4, -0.2) is 6.36 Å². The summed E-state index contributed by atoms with van der Waals surface area (Å²) in [5, 5.41) is 0. The number of nitrogens with two attached hydrogens (primary N) is 1. The minimum atomic E-state index is -4.74. The first-order valence-electron chi connectivity index (χ1n) is 6.19. The normalized spacial score (nSPS) is 13.0. The molecule has 0 fully saturated rings. The van der Waals surface area contributed by atoms with Crippen LogP contribution in [0, 0.1) is 5.82 Å². The quantitative estimate of drug-likeness (QED) is 0.867. The van der Waals surface area contributed by atoms with Crippen LogP contribution in [0.25, 0.3) is 0 Å². The highest BCUT2D eigenvalue weighted by atomic mass is 19.4. The Morgan fingerprint density at radius 1 is 1.05 bits per heavy atom. The number of halogens is 4. The standard InChI is InChI=1S/C15H13F4NO/c16-12-6-4-10(5-7-12)8-14(20)11-2-1-3-13(9-11)21-15(17,18)19/h1-7,9,14H,8,20H2. The lowest BCUT2D eigenvalue weighted by molar-refractivity contribution is -0.274. The van der Waals surface area contributed by atoms with Crippen LogP contribution in [0.5, 0.6) is 5.75 Å². The maximum absolute atomic E-state index is 12.8. The van der Waals surface area contributed by atoms with Crippen LogP contribution in [0.3, 0.4) is 0 Å². The lowest BCUT2D eigenvalue weighted by atomic mass is 9.99. The van der Waals surface area contributed by atoms with Crippen molar-refractivity contribution < 1.29 is 22.3 Å². The zero-order valence-corrected chi connectivity index (χ0v) is 10.9. The van der Waals surface area contributed by atoms with E-state index in [4.69, 9.17) is 5.73 Å². The molecule has 0 aliphatic rings. The minimum absolute atomic E-state index is 0.311. The zero-order valence-electron chi connectivity index (χ0n) is 10.9. The van der Waals surface area contributed by atoms with Crippen LogP contribution in [0.2, 0.25) is 0 Å². The summed E-state index contributed by atoms with van der Waals surface area (Å²) in [6.07, 6.45) is -4.35. The van der Waals surface area contributed by atoms with Crippen LogP contribution < -0.4 is 10.5 Å². The molecular weight excluding hydrogens is 286 g/mol. The summed E-state index contributed by atoms with van der Waals surface area (Å²) in [6, 6.07) is 10.8. The molecule has 2 aromatic rings. The van der Waals surface area contributed by atoms with E-state index in [9.17, 15) is 17.6 Å². The second kappa shape index (κ2) is 6.13. The van der Waals surface area contributed by atoms with Gasteiger partial charge in [0.25, 0.3) is 0 Å². The number of hydrogen-bond donors (Lipinski definition) is 1. The number of benzene rings is 2. The van der Waals surface area contributed by atoms with Crippen LogP contribution in [0.15, 0.2) is 48.5 Å². The van der Waals surface area contributed by atoms with E-state index in [-0.39, 0.29) is 11.6 Å². The maximum atomic E-state index is 12.8. The molecule has 112 valence electrons. The molecular formula is C15H13F4NO. The van der Waals surface area contributed by atoms with Crippen LogP contribution in [-0.2, 0) is 6.42 Å². The monoisotopic (exact) mass is 299 g/mol. The largest absolute Gasteiger partial charge is 0.573 e. The van der Waals surface area contributed by atoms with Gasteiger partial charge >= 0.3 is 6.36 Å². The average Bonchev–Trinajstić information content (AvgIpc) is 2.40. The van der Waals surface area contributed by atoms with E-state index in [1.807, 2.05) is 0 Å². The van der Waals surface area contributed by atoms with Gasteiger partial charge in [0.2, 0.25) is 0 Å². The van der Waals surface area contributed by atoms with Crippen molar-refractivity contribution in [3.63, 3.8) is 0 Å². The average molecular weight is 299 g/mol. The Kier molecular flexibility index (Phi) is 4.47. The molecule has 0 aliphatic heterocycles. The van der Waals surface area contributed by atoms with Gasteiger partial charge in [0.15, 0.2) is 0 Å². The predicted octanol–water partition coefficient (Wildman–Crippen LogP) is 3.97. The number of ether oxygens (including phenoxy) is 1. The first kappa shape index (κ1) is 15.3. The Morgan fingerprint density at radius 3 is 2.33 bits per heavy atom. The topological polar surface area (TPSA) is 35.2 Å². The summed E-state index contributed by atoms with van der Waals surface area (Å²) in [7, 11) is 0. The van der Waals surface area contributed by atoms with E-state index in [0.717, 1.165) is 5.56 Å². The summed E-state index contributed by atoms with van der Waals surface area (Å²) in [4.78, 5) is 0. The molecule has 0 saturated heterocycles. The predicted molar refractivity (Wildman–Crippen MR) is 70.2 cm³/mol. The van der Waals surface area contributed by atoms with E-state index in [1.54, 1.807) is 18.2 Å². The van der Waals surface area contributed by atoms with Gasteiger partial charge in [0, 0.05) is 6.04 Å². The second-order valence-corrected chi connectivity index (χ2v) is 4.56. The maximum Gasteiger partial charge on any atom is 0.573 e. The Hall–Kier alpha value is -2.08. The SMILES string of the molecule is NC(Cc1ccc(F)cc1)c1cccc(OC(F)(F)F)c1. The van der Waals surface area contributed by atoms with Gasteiger partial charge < -0.3 is 10.5 Å². The third kappa shape index (κ3) is 4.75. The van der Waals surface area contributed by atoms with Gasteiger partial charge in [-0.3, -0.25) is 0 Å². The Bertz CT molecular complexity index is 595. The van der Waals surface area contributed by atoms with Crippen molar-refractivity contribution in [2.24, 2.45) is 5.73 Å². The fourth-order valence-electron chi connectivity index (χ4n) is 1.93. The van der Waals surface area contributed by atoms with Gasteiger partial charge in [0.1, 0.15) is 11.6 Å². The second-order valence-electron chi connectivity index (χ2n) is 4.56. The van der Waals surface area contributed by atoms with Crippen molar-refractivity contribution in [2.75, 3.05) is 0 Å². The van der Waals surface area contributed by atoms with E-state index < -0.39 is 12.4 Å². The summed E-state index contributed by atoms with van der Waals surface area (Å²) >= 11 is 0. The summed E-state index contributed by atoms with van der Waals surface area (Å²) in [5.41, 5.74) is 7.28. The van der Waals surface area contributed by atoms with Crippen molar-refractivity contribution >= 4 is 0 Å². The van der Waals surface area contributed by atoms with Crippen LogP contribution in [0.4, 0.5) is 17.6 Å².